The number of carboxylic acid groups (broad SMARTS) is 1. The fourth-order valence-electron chi connectivity index (χ4n) is 4.18. The monoisotopic (exact) mass is 620 g/mol. The fraction of sp³-hybridized carbons (Fsp3) is 0.300. The van der Waals surface area contributed by atoms with Gasteiger partial charge in [-0.2, -0.15) is 0 Å². The number of halogens is 5. The first kappa shape index (κ1) is 33.6. The van der Waals surface area contributed by atoms with Gasteiger partial charge in [0.1, 0.15) is 19.0 Å². The summed E-state index contributed by atoms with van der Waals surface area (Å²) in [4.78, 5) is 28.2. The summed E-state index contributed by atoms with van der Waals surface area (Å²) in [6.07, 6.45) is -5.90. The molecule has 0 saturated carbocycles. The maximum Gasteiger partial charge on any atom is 0.330 e. The lowest BCUT2D eigenvalue weighted by atomic mass is 9.99. The summed E-state index contributed by atoms with van der Waals surface area (Å²) in [5, 5.41) is 18.0. The van der Waals surface area contributed by atoms with Crippen molar-refractivity contribution in [3.8, 4) is 11.5 Å². The van der Waals surface area contributed by atoms with Gasteiger partial charge in [-0.15, -0.1) is 0 Å². The minimum absolute atomic E-state index is 0.0234. The molecule has 0 aromatic heterocycles. The third kappa shape index (κ3) is 9.84. The minimum atomic E-state index is -2.82. The van der Waals surface area contributed by atoms with Crippen LogP contribution in [0.25, 0.3) is 4.85 Å². The molecule has 0 aliphatic heterocycles. The Labute approximate surface area is 249 Å². The number of ether oxygens (including phenoxy) is 2. The van der Waals surface area contributed by atoms with Crippen molar-refractivity contribution in [1.29, 1.82) is 0 Å². The molecular weight excluding hydrogens is 591 g/mol. The second-order valence-electron chi connectivity index (χ2n) is 9.37. The Balaban J connectivity index is 1.81. The molecule has 14 heteroatoms. The van der Waals surface area contributed by atoms with Crippen LogP contribution >= 0.6 is 0 Å². The summed E-state index contributed by atoms with van der Waals surface area (Å²) in [5.41, 5.74) is 1.51. The number of carboxylic acids is 1. The lowest BCUT2D eigenvalue weighted by molar-refractivity contribution is -0.138. The number of anilines is 2. The summed E-state index contributed by atoms with van der Waals surface area (Å²) < 4.78 is 75.7. The van der Waals surface area contributed by atoms with Gasteiger partial charge in [-0.25, -0.2) is 31.6 Å². The standard InChI is InChI=1S/C30H29F5N4O5/c1-36-14-19-12-22(13-23(31)29(19)44-16-26(34)35)38-27(40)10-4-17-11-18(3-9-24(17)43-15-25(32)33)28(30(41)42)39-21-7-5-20(37-2)6-8-21/h3,5-9,11-13,25-26,28,36,39H,4,10,14-16H2,1H3,(H,38,40)(H,41,42). The molecule has 234 valence electrons. The van der Waals surface area contributed by atoms with Crippen molar-refractivity contribution in [2.75, 3.05) is 30.9 Å². The van der Waals surface area contributed by atoms with Gasteiger partial charge >= 0.3 is 5.97 Å². The van der Waals surface area contributed by atoms with Crippen LogP contribution in [-0.4, -0.2) is 50.1 Å². The van der Waals surface area contributed by atoms with Gasteiger partial charge in [-0.3, -0.25) is 4.79 Å². The van der Waals surface area contributed by atoms with Crippen molar-refractivity contribution in [3.05, 3.63) is 88.5 Å². The number of hydrogen-bond donors (Lipinski definition) is 4. The first-order chi connectivity index (χ1) is 21.0. The molecule has 1 atom stereocenters. The van der Waals surface area contributed by atoms with Gasteiger partial charge in [0.05, 0.1) is 6.57 Å². The average molecular weight is 621 g/mol. The van der Waals surface area contributed by atoms with Crippen molar-refractivity contribution in [2.24, 2.45) is 0 Å². The van der Waals surface area contributed by atoms with Crippen LogP contribution in [-0.2, 0) is 22.6 Å². The van der Waals surface area contributed by atoms with E-state index >= 15 is 0 Å². The maximum atomic E-state index is 14.7. The van der Waals surface area contributed by atoms with Gasteiger partial charge in [0.2, 0.25) is 5.91 Å². The second kappa shape index (κ2) is 16.1. The molecule has 3 aromatic rings. The van der Waals surface area contributed by atoms with Gasteiger partial charge in [0, 0.05) is 36.0 Å². The van der Waals surface area contributed by atoms with Crippen LogP contribution < -0.4 is 25.4 Å². The van der Waals surface area contributed by atoms with Crippen LogP contribution in [0.5, 0.6) is 11.5 Å². The van der Waals surface area contributed by atoms with E-state index in [0.717, 1.165) is 6.07 Å². The molecule has 44 heavy (non-hydrogen) atoms. The van der Waals surface area contributed by atoms with Crippen LogP contribution in [0.3, 0.4) is 0 Å². The van der Waals surface area contributed by atoms with Crippen LogP contribution in [0.4, 0.5) is 39.0 Å². The van der Waals surface area contributed by atoms with Crippen LogP contribution in [0.2, 0.25) is 0 Å². The minimum Gasteiger partial charge on any atom is -0.487 e. The van der Waals surface area contributed by atoms with E-state index in [1.54, 1.807) is 7.05 Å². The molecule has 3 rings (SSSR count). The molecule has 0 bridgehead atoms. The molecule has 0 fully saturated rings. The SMILES string of the molecule is [C-]#[N+]c1ccc(NC(C(=O)O)c2ccc(OCC(F)F)c(CCC(=O)Nc3cc(F)c(OCC(F)F)c(CNC)c3)c2)cc1. The van der Waals surface area contributed by atoms with E-state index in [4.69, 9.17) is 16.0 Å². The molecule has 0 aliphatic rings. The van der Waals surface area contributed by atoms with Crippen molar-refractivity contribution in [2.45, 2.75) is 38.3 Å². The van der Waals surface area contributed by atoms with Crippen LogP contribution in [0.1, 0.15) is 29.2 Å². The van der Waals surface area contributed by atoms with E-state index in [2.05, 4.69) is 20.8 Å². The quantitative estimate of drug-likeness (QED) is 0.112. The highest BCUT2D eigenvalue weighted by molar-refractivity contribution is 5.91. The lowest BCUT2D eigenvalue weighted by Gasteiger charge is -2.19. The number of nitrogens with one attached hydrogen (secondary N) is 3. The molecule has 0 radical (unpaired) electrons. The second-order valence-corrected chi connectivity index (χ2v) is 9.37. The molecule has 3 aromatic carbocycles. The number of aliphatic carboxylic acids is 1. The molecule has 1 unspecified atom stereocenters. The van der Waals surface area contributed by atoms with Gasteiger partial charge < -0.3 is 30.5 Å². The van der Waals surface area contributed by atoms with Crippen LogP contribution in [0.15, 0.2) is 54.6 Å². The predicted molar refractivity (Wildman–Crippen MR) is 152 cm³/mol. The zero-order valence-corrected chi connectivity index (χ0v) is 23.4. The molecule has 0 spiro atoms. The highest BCUT2D eigenvalue weighted by Crippen LogP contribution is 2.30. The van der Waals surface area contributed by atoms with Crippen molar-refractivity contribution in [3.63, 3.8) is 0 Å². The van der Waals surface area contributed by atoms with Crippen LogP contribution in [0, 0.1) is 12.4 Å². The summed E-state index contributed by atoms with van der Waals surface area (Å²) in [6, 6.07) is 11.3. The highest BCUT2D eigenvalue weighted by atomic mass is 19.3. The largest absolute Gasteiger partial charge is 0.487 e. The van der Waals surface area contributed by atoms with E-state index in [-0.39, 0.29) is 53.3 Å². The lowest BCUT2D eigenvalue weighted by Crippen LogP contribution is -2.21. The number of alkyl halides is 4. The zero-order valence-electron chi connectivity index (χ0n) is 23.4. The molecule has 0 heterocycles. The Hall–Kier alpha value is -4.90. The number of carbonyl (C=O) groups excluding carboxylic acids is 1. The zero-order chi connectivity index (χ0) is 32.2. The number of benzene rings is 3. The first-order valence-electron chi connectivity index (χ1n) is 13.2. The topological polar surface area (TPSA) is 113 Å². The third-order valence-corrected chi connectivity index (χ3v) is 6.08. The van der Waals surface area contributed by atoms with Gasteiger partial charge in [0.15, 0.2) is 23.3 Å². The van der Waals surface area contributed by atoms with E-state index in [9.17, 15) is 36.6 Å². The number of carbonyl (C=O) groups is 2. The number of rotatable bonds is 16. The van der Waals surface area contributed by atoms with E-state index in [1.165, 1.54) is 48.5 Å². The van der Waals surface area contributed by atoms with E-state index < -0.39 is 49.8 Å². The van der Waals surface area contributed by atoms with E-state index in [1.807, 2.05) is 0 Å². The molecule has 0 aliphatic carbocycles. The number of amides is 1. The van der Waals surface area contributed by atoms with Crippen molar-refractivity contribution in [1.82, 2.24) is 5.32 Å². The number of nitrogens with zero attached hydrogens (tertiary/aromatic N) is 1. The third-order valence-electron chi connectivity index (χ3n) is 6.08. The molecule has 4 N–H and O–H groups in total. The first-order valence-corrected chi connectivity index (χ1v) is 13.2. The number of aryl methyl sites for hydroxylation is 1. The summed E-state index contributed by atoms with van der Waals surface area (Å²) in [6.45, 7) is 5.16. The Morgan fingerprint density at radius 1 is 0.932 bits per heavy atom. The highest BCUT2D eigenvalue weighted by Gasteiger charge is 2.22. The van der Waals surface area contributed by atoms with Gasteiger partial charge in [0.25, 0.3) is 12.9 Å². The fourth-order valence-corrected chi connectivity index (χ4v) is 4.18. The van der Waals surface area contributed by atoms with Crippen molar-refractivity contribution >= 4 is 28.9 Å². The Morgan fingerprint density at radius 3 is 2.23 bits per heavy atom. The van der Waals surface area contributed by atoms with E-state index in [0.29, 0.717) is 11.4 Å². The predicted octanol–water partition coefficient (Wildman–Crippen LogP) is 6.19. The Bertz CT molecular complexity index is 1480. The maximum absolute atomic E-state index is 14.7. The molecule has 9 nitrogen and oxygen atoms in total. The summed E-state index contributed by atoms with van der Waals surface area (Å²) in [7, 11) is 1.55. The Morgan fingerprint density at radius 2 is 1.61 bits per heavy atom. The number of hydrogen-bond acceptors (Lipinski definition) is 6. The Kier molecular flexibility index (Phi) is 12.3. The summed E-state index contributed by atoms with van der Waals surface area (Å²) in [5.74, 6) is -3.15. The molecule has 0 saturated heterocycles. The smallest absolute Gasteiger partial charge is 0.330 e. The van der Waals surface area contributed by atoms with Crippen molar-refractivity contribution < 1.29 is 46.1 Å². The van der Waals surface area contributed by atoms with Gasteiger partial charge in [-0.1, -0.05) is 18.2 Å². The van der Waals surface area contributed by atoms with Gasteiger partial charge in [-0.05, 0) is 54.9 Å². The molecule has 1 amide bonds. The summed E-state index contributed by atoms with van der Waals surface area (Å²) >= 11 is 0. The average Bonchev–Trinajstić information content (AvgIpc) is 2.97. The normalized spacial score (nSPS) is 11.6. The molecular formula is C30H29F5N4O5.